The number of aromatic nitrogens is 2. The molecule has 9 heteroatoms. The number of urea groups is 1. The van der Waals surface area contributed by atoms with Crippen LogP contribution in [-0.4, -0.2) is 30.0 Å². The summed E-state index contributed by atoms with van der Waals surface area (Å²) >= 11 is 0. The Hall–Kier alpha value is -2.81. The maximum Gasteiger partial charge on any atom is 0.329 e. The lowest BCUT2D eigenvalue weighted by molar-refractivity contribution is 0.233. The second-order valence-corrected chi connectivity index (χ2v) is 9.70. The normalized spacial score (nSPS) is 20.7. The predicted octanol–water partition coefficient (Wildman–Crippen LogP) is 3.17. The van der Waals surface area contributed by atoms with Crippen LogP contribution in [0.5, 0.6) is 0 Å². The van der Waals surface area contributed by atoms with Crippen LogP contribution in [-0.2, 0) is 16.4 Å². The van der Waals surface area contributed by atoms with Gasteiger partial charge in [-0.3, -0.25) is 4.57 Å². The van der Waals surface area contributed by atoms with Crippen LogP contribution in [0, 0.1) is 6.92 Å². The van der Waals surface area contributed by atoms with Crippen molar-refractivity contribution >= 4 is 21.9 Å². The van der Waals surface area contributed by atoms with Crippen LogP contribution in [0.1, 0.15) is 56.9 Å². The zero-order valence-electron chi connectivity index (χ0n) is 17.8. The number of nitrogens with zero attached hydrogens (tertiary/aromatic N) is 3. The fourth-order valence-corrected chi connectivity index (χ4v) is 5.21. The summed E-state index contributed by atoms with van der Waals surface area (Å²) in [7, 11) is -3.94. The summed E-state index contributed by atoms with van der Waals surface area (Å²) in [4.78, 5) is 19.5. The van der Waals surface area contributed by atoms with E-state index in [2.05, 4.69) is 39.4 Å². The van der Waals surface area contributed by atoms with Crippen LogP contribution in [0.25, 0.3) is 0 Å². The second kappa shape index (κ2) is 7.16. The van der Waals surface area contributed by atoms with Gasteiger partial charge in [-0.1, -0.05) is 37.6 Å². The van der Waals surface area contributed by atoms with Crippen LogP contribution in [0.2, 0.25) is 0 Å². The molecule has 0 radical (unpaired) electrons. The van der Waals surface area contributed by atoms with E-state index in [-0.39, 0.29) is 23.0 Å². The first-order chi connectivity index (χ1) is 14.1. The Kier molecular flexibility index (Phi) is 4.88. The molecule has 160 valence electrons. The number of benzene rings is 1. The standard InChI is InChI=1S/C21H27N5O3S/c1-6-17-23-18-13(3)11-14(4)25-19(26(17)20(18)25)15(5)22-21(27)24-30(28,29)16-9-7-12(2)8-10-16/h7-11,13,15,19H,6H2,1-5H3,(H2,22,24,27). The Morgan fingerprint density at radius 1 is 1.23 bits per heavy atom. The molecule has 0 aliphatic carbocycles. The van der Waals surface area contributed by atoms with E-state index in [1.54, 1.807) is 12.1 Å². The topological polar surface area (TPSA) is 96.3 Å². The zero-order valence-corrected chi connectivity index (χ0v) is 18.6. The molecule has 0 saturated heterocycles. The third-order valence-corrected chi connectivity index (χ3v) is 7.07. The summed E-state index contributed by atoms with van der Waals surface area (Å²) in [5.74, 6) is 2.29. The van der Waals surface area contributed by atoms with Gasteiger partial charge in [-0.15, -0.1) is 0 Å². The van der Waals surface area contributed by atoms with Crippen molar-refractivity contribution in [2.75, 3.05) is 4.90 Å². The maximum absolute atomic E-state index is 12.5. The van der Waals surface area contributed by atoms with Gasteiger partial charge in [-0.2, -0.15) is 0 Å². The highest BCUT2D eigenvalue weighted by atomic mass is 32.2. The van der Waals surface area contributed by atoms with E-state index in [0.29, 0.717) is 0 Å². The Bertz CT molecular complexity index is 1130. The van der Waals surface area contributed by atoms with Crippen molar-refractivity contribution in [3.8, 4) is 0 Å². The van der Waals surface area contributed by atoms with Gasteiger partial charge in [0.1, 0.15) is 17.8 Å². The van der Waals surface area contributed by atoms with Gasteiger partial charge in [0.05, 0.1) is 16.6 Å². The number of aryl methyl sites for hydroxylation is 2. The molecule has 0 bridgehead atoms. The third-order valence-electron chi connectivity index (χ3n) is 5.73. The molecule has 0 fully saturated rings. The van der Waals surface area contributed by atoms with Crippen LogP contribution >= 0.6 is 0 Å². The molecule has 0 saturated carbocycles. The highest BCUT2D eigenvalue weighted by Gasteiger charge is 2.46. The third kappa shape index (κ3) is 3.17. The van der Waals surface area contributed by atoms with Crippen molar-refractivity contribution in [1.82, 2.24) is 19.6 Å². The molecule has 4 rings (SSSR count). The summed E-state index contributed by atoms with van der Waals surface area (Å²) in [5, 5.41) is 2.79. The van der Waals surface area contributed by atoms with E-state index in [1.165, 1.54) is 12.1 Å². The van der Waals surface area contributed by atoms with E-state index in [4.69, 9.17) is 4.98 Å². The molecule has 0 spiro atoms. The minimum atomic E-state index is -3.94. The zero-order chi connectivity index (χ0) is 21.8. The highest BCUT2D eigenvalue weighted by Crippen LogP contribution is 2.50. The lowest BCUT2D eigenvalue weighted by Crippen LogP contribution is -2.56. The van der Waals surface area contributed by atoms with Gasteiger partial charge in [0.2, 0.25) is 0 Å². The minimum Gasteiger partial charge on any atom is -0.331 e. The monoisotopic (exact) mass is 429 g/mol. The molecule has 1 aromatic heterocycles. The number of allylic oxidation sites excluding steroid dienone is 2. The van der Waals surface area contributed by atoms with Gasteiger partial charge in [-0.05, 0) is 32.9 Å². The van der Waals surface area contributed by atoms with Gasteiger partial charge >= 0.3 is 6.03 Å². The van der Waals surface area contributed by atoms with Crippen LogP contribution in [0.15, 0.2) is 40.9 Å². The Labute approximate surface area is 177 Å². The van der Waals surface area contributed by atoms with Crippen molar-refractivity contribution in [3.63, 3.8) is 0 Å². The quantitative estimate of drug-likeness (QED) is 0.761. The molecule has 2 aliphatic rings. The van der Waals surface area contributed by atoms with Crippen LogP contribution in [0.3, 0.4) is 0 Å². The van der Waals surface area contributed by atoms with E-state index in [1.807, 2.05) is 20.8 Å². The number of rotatable bonds is 5. The SMILES string of the molecule is CCc1nc2c3n1C(C(C)NC(=O)NS(=O)(=O)c1ccc(C)cc1)N3C(C)=CC2C. The first-order valence-electron chi connectivity index (χ1n) is 10.1. The van der Waals surface area contributed by atoms with Gasteiger partial charge < -0.3 is 10.2 Å². The molecule has 1 aromatic carbocycles. The summed E-state index contributed by atoms with van der Waals surface area (Å²) in [6.45, 7) is 9.97. The van der Waals surface area contributed by atoms with Crippen LogP contribution < -0.4 is 14.9 Å². The number of anilines is 1. The average Bonchev–Trinajstić information content (AvgIpc) is 2.97. The lowest BCUT2D eigenvalue weighted by Gasteiger charge is -2.50. The smallest absolute Gasteiger partial charge is 0.329 e. The minimum absolute atomic E-state index is 0.0538. The molecule has 2 aromatic rings. The Morgan fingerprint density at radius 2 is 1.90 bits per heavy atom. The number of nitrogens with one attached hydrogen (secondary N) is 2. The van der Waals surface area contributed by atoms with Gasteiger partial charge in [0, 0.05) is 18.0 Å². The number of carbonyl (C=O) groups excluding carboxylic acids is 1. The summed E-state index contributed by atoms with van der Waals surface area (Å²) in [5.41, 5.74) is 3.10. The Morgan fingerprint density at radius 3 is 2.53 bits per heavy atom. The molecular weight excluding hydrogens is 402 g/mol. The van der Waals surface area contributed by atoms with Gasteiger partial charge in [0.15, 0.2) is 0 Å². The fourth-order valence-electron chi connectivity index (χ4n) is 4.30. The molecular formula is C21H27N5O3S. The number of carbonyl (C=O) groups is 1. The number of hydrogen-bond donors (Lipinski definition) is 2. The number of imidazole rings is 1. The number of sulfonamides is 1. The predicted molar refractivity (Wildman–Crippen MR) is 115 cm³/mol. The fraction of sp³-hybridized carbons (Fsp3) is 0.429. The molecule has 3 atom stereocenters. The van der Waals surface area contributed by atoms with Crippen molar-refractivity contribution in [2.45, 2.75) is 64.1 Å². The summed E-state index contributed by atoms with van der Waals surface area (Å²) < 4.78 is 29.3. The van der Waals surface area contributed by atoms with Crippen molar-refractivity contribution < 1.29 is 13.2 Å². The molecule has 2 amide bonds. The van der Waals surface area contributed by atoms with Crippen molar-refractivity contribution in [3.05, 3.63) is 53.1 Å². The van der Waals surface area contributed by atoms with Crippen LogP contribution in [0.4, 0.5) is 10.6 Å². The van der Waals surface area contributed by atoms with Crippen molar-refractivity contribution in [2.24, 2.45) is 0 Å². The lowest BCUT2D eigenvalue weighted by atomic mass is 9.97. The molecule has 8 nitrogen and oxygen atoms in total. The first kappa shape index (κ1) is 20.5. The second-order valence-electron chi connectivity index (χ2n) is 8.02. The Balaban J connectivity index is 1.52. The summed E-state index contributed by atoms with van der Waals surface area (Å²) in [6, 6.07) is 5.27. The number of amides is 2. The molecule has 2 N–H and O–H groups in total. The van der Waals surface area contributed by atoms with Gasteiger partial charge in [-0.25, -0.2) is 22.9 Å². The summed E-state index contributed by atoms with van der Waals surface area (Å²) in [6.07, 6.45) is 2.80. The maximum atomic E-state index is 12.5. The van der Waals surface area contributed by atoms with E-state index in [0.717, 1.165) is 35.0 Å². The first-order valence-corrected chi connectivity index (χ1v) is 11.6. The largest absolute Gasteiger partial charge is 0.331 e. The molecule has 3 unspecified atom stereocenters. The molecule has 3 heterocycles. The average molecular weight is 430 g/mol. The molecule has 30 heavy (non-hydrogen) atoms. The van der Waals surface area contributed by atoms with Gasteiger partial charge in [0.25, 0.3) is 10.0 Å². The van der Waals surface area contributed by atoms with E-state index >= 15 is 0 Å². The van der Waals surface area contributed by atoms with Crippen molar-refractivity contribution in [1.29, 1.82) is 0 Å². The highest BCUT2D eigenvalue weighted by molar-refractivity contribution is 7.90. The van der Waals surface area contributed by atoms with E-state index in [9.17, 15) is 13.2 Å². The number of hydrogen-bond acceptors (Lipinski definition) is 5. The molecule has 2 aliphatic heterocycles. The van der Waals surface area contributed by atoms with E-state index < -0.39 is 16.1 Å².